The van der Waals surface area contributed by atoms with Gasteiger partial charge in [-0.05, 0) is 30.3 Å². The van der Waals surface area contributed by atoms with Gasteiger partial charge in [-0.1, -0.05) is 17.7 Å². The zero-order valence-corrected chi connectivity index (χ0v) is 12.2. The molecule has 3 nitrogen and oxygen atoms in total. The lowest BCUT2D eigenvalue weighted by atomic mass is 10.1. The van der Waals surface area contributed by atoms with Crippen LogP contribution in [0.2, 0.25) is 5.15 Å². The average molecular weight is 337 g/mol. The van der Waals surface area contributed by atoms with Gasteiger partial charge in [0, 0.05) is 11.6 Å². The van der Waals surface area contributed by atoms with E-state index in [1.165, 1.54) is 24.3 Å². The van der Waals surface area contributed by atoms with Gasteiger partial charge in [0.2, 0.25) is 0 Å². The maximum Gasteiger partial charge on any atom is 0.155 e. The highest BCUT2D eigenvalue weighted by atomic mass is 35.5. The quantitative estimate of drug-likeness (QED) is 0.663. The minimum absolute atomic E-state index is 0.00709. The van der Waals surface area contributed by atoms with Gasteiger partial charge in [-0.15, -0.1) is 0 Å². The summed E-state index contributed by atoms with van der Waals surface area (Å²) in [5.41, 5.74) is 0.302. The topological polar surface area (TPSA) is 34.9 Å². The molecule has 0 radical (unpaired) electrons. The standard InChI is InChI=1S/C16H8ClF3N2O/c17-16-14(8-23)15(9-4-11(19)6-12(20)5-9)21-22(16)13-3-1-2-10(18)7-13/h1-8H. The molecule has 0 spiro atoms. The van der Waals surface area contributed by atoms with Crippen LogP contribution in [-0.4, -0.2) is 16.1 Å². The first-order valence-electron chi connectivity index (χ1n) is 6.45. The van der Waals surface area contributed by atoms with Gasteiger partial charge in [0.05, 0.1) is 11.3 Å². The van der Waals surface area contributed by atoms with E-state index in [0.717, 1.165) is 16.8 Å². The lowest BCUT2D eigenvalue weighted by molar-refractivity contribution is 0.112. The van der Waals surface area contributed by atoms with Crippen molar-refractivity contribution >= 4 is 17.9 Å². The third-order valence-electron chi connectivity index (χ3n) is 3.17. The number of hydrogen-bond acceptors (Lipinski definition) is 2. The molecule has 0 aliphatic heterocycles. The molecule has 0 bridgehead atoms. The summed E-state index contributed by atoms with van der Waals surface area (Å²) in [6.07, 6.45) is 0.434. The number of aromatic nitrogens is 2. The Morgan fingerprint density at radius 1 is 1.00 bits per heavy atom. The van der Waals surface area contributed by atoms with Crippen LogP contribution < -0.4 is 0 Å². The van der Waals surface area contributed by atoms with Crippen LogP contribution in [0.25, 0.3) is 16.9 Å². The second kappa shape index (κ2) is 5.89. The fraction of sp³-hybridized carbons (Fsp3) is 0. The van der Waals surface area contributed by atoms with E-state index in [0.29, 0.717) is 12.4 Å². The summed E-state index contributed by atoms with van der Waals surface area (Å²) in [7, 11) is 0. The summed E-state index contributed by atoms with van der Waals surface area (Å²) in [5.74, 6) is -2.14. The fourth-order valence-electron chi connectivity index (χ4n) is 2.20. The zero-order chi connectivity index (χ0) is 16.6. The van der Waals surface area contributed by atoms with E-state index in [4.69, 9.17) is 11.6 Å². The van der Waals surface area contributed by atoms with Crippen LogP contribution in [0, 0.1) is 17.5 Å². The van der Waals surface area contributed by atoms with Gasteiger partial charge in [-0.25, -0.2) is 17.9 Å². The summed E-state index contributed by atoms with van der Waals surface area (Å²) in [4.78, 5) is 11.3. The van der Waals surface area contributed by atoms with E-state index in [1.807, 2.05) is 0 Å². The first kappa shape index (κ1) is 15.3. The summed E-state index contributed by atoms with van der Waals surface area (Å²) in [6, 6.07) is 8.16. The molecule has 0 atom stereocenters. The summed E-state index contributed by atoms with van der Waals surface area (Å²) in [6.45, 7) is 0. The molecular formula is C16H8ClF3N2O. The molecule has 23 heavy (non-hydrogen) atoms. The normalized spacial score (nSPS) is 10.8. The highest BCUT2D eigenvalue weighted by Gasteiger charge is 2.19. The summed E-state index contributed by atoms with van der Waals surface area (Å²) >= 11 is 6.11. The van der Waals surface area contributed by atoms with Crippen LogP contribution in [-0.2, 0) is 0 Å². The van der Waals surface area contributed by atoms with Crippen molar-refractivity contribution in [1.82, 2.24) is 9.78 Å². The van der Waals surface area contributed by atoms with Crippen LogP contribution in [0.3, 0.4) is 0 Å². The number of carbonyl (C=O) groups is 1. The molecular weight excluding hydrogens is 329 g/mol. The minimum Gasteiger partial charge on any atom is -0.298 e. The van der Waals surface area contributed by atoms with Gasteiger partial charge in [0.25, 0.3) is 0 Å². The molecule has 0 saturated carbocycles. The molecule has 0 aliphatic carbocycles. The third-order valence-corrected chi connectivity index (χ3v) is 3.53. The van der Waals surface area contributed by atoms with Crippen LogP contribution >= 0.6 is 11.6 Å². The maximum atomic E-state index is 13.4. The molecule has 0 saturated heterocycles. The SMILES string of the molecule is O=Cc1c(-c2cc(F)cc(F)c2)nn(-c2cccc(F)c2)c1Cl. The Kier molecular flexibility index (Phi) is 3.92. The van der Waals surface area contributed by atoms with Gasteiger partial charge >= 0.3 is 0 Å². The number of nitrogens with zero attached hydrogens (tertiary/aromatic N) is 2. The number of halogens is 4. The first-order chi connectivity index (χ1) is 11.0. The molecule has 0 aliphatic rings. The Hall–Kier alpha value is -2.60. The van der Waals surface area contributed by atoms with E-state index >= 15 is 0 Å². The Bertz CT molecular complexity index is 888. The van der Waals surface area contributed by atoms with Crippen molar-refractivity contribution in [3.8, 4) is 16.9 Å². The van der Waals surface area contributed by atoms with E-state index < -0.39 is 17.5 Å². The van der Waals surface area contributed by atoms with Gasteiger partial charge < -0.3 is 0 Å². The Labute approximate surface area is 133 Å². The molecule has 3 aromatic rings. The molecule has 1 heterocycles. The van der Waals surface area contributed by atoms with Gasteiger partial charge in [0.1, 0.15) is 28.3 Å². The Morgan fingerprint density at radius 2 is 1.70 bits per heavy atom. The van der Waals surface area contributed by atoms with E-state index in [9.17, 15) is 18.0 Å². The second-order valence-corrected chi connectivity index (χ2v) is 5.08. The Morgan fingerprint density at radius 3 is 2.30 bits per heavy atom. The molecule has 0 N–H and O–H groups in total. The van der Waals surface area contributed by atoms with Crippen LogP contribution in [0.5, 0.6) is 0 Å². The number of rotatable bonds is 3. The monoisotopic (exact) mass is 336 g/mol. The smallest absolute Gasteiger partial charge is 0.155 e. The molecule has 3 rings (SSSR count). The van der Waals surface area contributed by atoms with Gasteiger partial charge in [-0.3, -0.25) is 4.79 Å². The van der Waals surface area contributed by atoms with E-state index in [2.05, 4.69) is 5.10 Å². The van der Waals surface area contributed by atoms with Gasteiger partial charge in [0.15, 0.2) is 6.29 Å². The number of benzene rings is 2. The molecule has 0 amide bonds. The zero-order valence-electron chi connectivity index (χ0n) is 11.4. The Balaban J connectivity index is 2.23. The fourth-order valence-corrected chi connectivity index (χ4v) is 2.47. The number of carbonyl (C=O) groups excluding carboxylic acids is 1. The third kappa shape index (κ3) is 2.85. The minimum atomic E-state index is -0.812. The highest BCUT2D eigenvalue weighted by molar-refractivity contribution is 6.32. The molecule has 116 valence electrons. The van der Waals surface area contributed by atoms with Crippen LogP contribution in [0.4, 0.5) is 13.2 Å². The second-order valence-electron chi connectivity index (χ2n) is 4.72. The molecule has 0 unspecified atom stereocenters. The highest BCUT2D eigenvalue weighted by Crippen LogP contribution is 2.30. The number of hydrogen-bond donors (Lipinski definition) is 0. The van der Waals surface area contributed by atoms with Crippen molar-refractivity contribution in [3.63, 3.8) is 0 Å². The van der Waals surface area contributed by atoms with Crippen molar-refractivity contribution < 1.29 is 18.0 Å². The van der Waals surface area contributed by atoms with Crippen LogP contribution in [0.15, 0.2) is 42.5 Å². The lowest BCUT2D eigenvalue weighted by Crippen LogP contribution is -1.97. The average Bonchev–Trinajstić information content (AvgIpc) is 2.83. The van der Waals surface area contributed by atoms with Crippen molar-refractivity contribution in [1.29, 1.82) is 0 Å². The van der Waals surface area contributed by atoms with Crippen molar-refractivity contribution in [2.45, 2.75) is 0 Å². The maximum absolute atomic E-state index is 13.4. The molecule has 7 heteroatoms. The van der Waals surface area contributed by atoms with E-state index in [-0.39, 0.29) is 27.7 Å². The molecule has 1 aromatic heterocycles. The lowest BCUT2D eigenvalue weighted by Gasteiger charge is -2.02. The molecule has 0 fully saturated rings. The summed E-state index contributed by atoms with van der Waals surface area (Å²) in [5, 5.41) is 4.02. The van der Waals surface area contributed by atoms with Crippen molar-refractivity contribution in [2.24, 2.45) is 0 Å². The summed E-state index contributed by atoms with van der Waals surface area (Å²) < 4.78 is 41.3. The first-order valence-corrected chi connectivity index (χ1v) is 6.83. The van der Waals surface area contributed by atoms with Gasteiger partial charge in [-0.2, -0.15) is 5.10 Å². The number of aldehydes is 1. The predicted octanol–water partition coefficient (Wildman–Crippen LogP) is 4.42. The van der Waals surface area contributed by atoms with E-state index in [1.54, 1.807) is 0 Å². The largest absolute Gasteiger partial charge is 0.298 e. The molecule has 2 aromatic carbocycles. The van der Waals surface area contributed by atoms with Crippen molar-refractivity contribution in [3.05, 3.63) is 70.6 Å². The van der Waals surface area contributed by atoms with Crippen molar-refractivity contribution in [2.75, 3.05) is 0 Å². The predicted molar refractivity (Wildman–Crippen MR) is 79.3 cm³/mol. The van der Waals surface area contributed by atoms with Crippen LogP contribution in [0.1, 0.15) is 10.4 Å².